The Morgan fingerprint density at radius 3 is 2.37 bits per heavy atom. The van der Waals surface area contributed by atoms with Crippen LogP contribution in [0.5, 0.6) is 17.2 Å². The molecular formula is C14H9F2NO2. The van der Waals surface area contributed by atoms with E-state index in [2.05, 4.69) is 0 Å². The molecule has 96 valence electrons. The van der Waals surface area contributed by atoms with Gasteiger partial charge in [-0.15, -0.1) is 0 Å². The number of rotatable bonds is 3. The summed E-state index contributed by atoms with van der Waals surface area (Å²) in [5, 5.41) is 8.95. The molecule has 0 fully saturated rings. The second kappa shape index (κ2) is 5.36. The number of ether oxygens (including phenoxy) is 2. The first kappa shape index (κ1) is 12.8. The van der Waals surface area contributed by atoms with Crippen molar-refractivity contribution in [2.45, 2.75) is 0 Å². The minimum atomic E-state index is -1.01. The second-order valence-corrected chi connectivity index (χ2v) is 3.65. The quantitative estimate of drug-likeness (QED) is 0.847. The van der Waals surface area contributed by atoms with Crippen LogP contribution in [0.15, 0.2) is 36.4 Å². The molecule has 0 aliphatic carbocycles. The van der Waals surface area contributed by atoms with E-state index in [0.29, 0.717) is 5.75 Å². The number of nitriles is 1. The first-order valence-electron chi connectivity index (χ1n) is 5.35. The number of methoxy groups -OCH3 is 1. The van der Waals surface area contributed by atoms with Crippen molar-refractivity contribution in [2.24, 2.45) is 0 Å². The van der Waals surface area contributed by atoms with Crippen LogP contribution in [-0.2, 0) is 0 Å². The lowest BCUT2D eigenvalue weighted by Gasteiger charge is -2.09. The molecule has 0 radical (unpaired) electrons. The van der Waals surface area contributed by atoms with Gasteiger partial charge >= 0.3 is 0 Å². The summed E-state index contributed by atoms with van der Waals surface area (Å²) in [5.41, 5.74) is 0.269. The van der Waals surface area contributed by atoms with Crippen molar-refractivity contribution in [1.82, 2.24) is 0 Å². The third-order valence-corrected chi connectivity index (χ3v) is 2.43. The molecule has 2 rings (SSSR count). The maximum atomic E-state index is 13.1. The van der Waals surface area contributed by atoms with E-state index in [-0.39, 0.29) is 17.1 Å². The van der Waals surface area contributed by atoms with Gasteiger partial charge in [0.25, 0.3) is 0 Å². The number of hydrogen-bond acceptors (Lipinski definition) is 3. The fraction of sp³-hybridized carbons (Fsp3) is 0.0714. The van der Waals surface area contributed by atoms with E-state index < -0.39 is 11.6 Å². The van der Waals surface area contributed by atoms with Gasteiger partial charge in [-0.1, -0.05) is 0 Å². The Labute approximate surface area is 108 Å². The number of hydrogen-bond donors (Lipinski definition) is 0. The van der Waals surface area contributed by atoms with Crippen LogP contribution in [0.1, 0.15) is 5.56 Å². The summed E-state index contributed by atoms with van der Waals surface area (Å²) >= 11 is 0. The van der Waals surface area contributed by atoms with Gasteiger partial charge in [-0.2, -0.15) is 5.26 Å². The zero-order valence-corrected chi connectivity index (χ0v) is 9.98. The molecular weight excluding hydrogens is 252 g/mol. The zero-order chi connectivity index (χ0) is 13.8. The highest BCUT2D eigenvalue weighted by molar-refractivity contribution is 5.49. The third-order valence-electron chi connectivity index (χ3n) is 2.43. The predicted molar refractivity (Wildman–Crippen MR) is 64.1 cm³/mol. The van der Waals surface area contributed by atoms with Crippen LogP contribution in [0.2, 0.25) is 0 Å². The van der Waals surface area contributed by atoms with E-state index in [9.17, 15) is 8.78 Å². The van der Waals surface area contributed by atoms with Crippen molar-refractivity contribution in [3.05, 3.63) is 53.6 Å². The van der Waals surface area contributed by atoms with Gasteiger partial charge in [0.2, 0.25) is 0 Å². The predicted octanol–water partition coefficient (Wildman–Crippen LogP) is 3.64. The molecule has 2 aromatic carbocycles. The largest absolute Gasteiger partial charge is 0.497 e. The maximum absolute atomic E-state index is 13.1. The lowest BCUT2D eigenvalue weighted by atomic mass is 10.2. The van der Waals surface area contributed by atoms with Gasteiger partial charge in [-0.05, 0) is 24.3 Å². The van der Waals surface area contributed by atoms with Crippen molar-refractivity contribution < 1.29 is 18.3 Å². The standard InChI is InChI=1S/C14H9F2NO2/c1-18-10-3-2-9(8-17)14(7-10)19-11-4-5-12(15)13(16)6-11/h2-7H,1H3. The Hall–Kier alpha value is -2.61. The Kier molecular flexibility index (Phi) is 3.62. The zero-order valence-electron chi connectivity index (χ0n) is 9.98. The summed E-state index contributed by atoms with van der Waals surface area (Å²) in [6, 6.07) is 9.72. The van der Waals surface area contributed by atoms with Gasteiger partial charge in [0, 0.05) is 12.1 Å². The molecule has 0 amide bonds. The number of nitrogens with zero attached hydrogens (tertiary/aromatic N) is 1. The highest BCUT2D eigenvalue weighted by Crippen LogP contribution is 2.29. The van der Waals surface area contributed by atoms with Crippen molar-refractivity contribution in [3.63, 3.8) is 0 Å². The monoisotopic (exact) mass is 261 g/mol. The molecule has 2 aromatic rings. The van der Waals surface area contributed by atoms with Crippen molar-refractivity contribution in [2.75, 3.05) is 7.11 Å². The van der Waals surface area contributed by atoms with Gasteiger partial charge in [0.15, 0.2) is 11.6 Å². The van der Waals surface area contributed by atoms with Gasteiger partial charge in [0.05, 0.1) is 12.7 Å². The van der Waals surface area contributed by atoms with Crippen LogP contribution in [0, 0.1) is 23.0 Å². The highest BCUT2D eigenvalue weighted by atomic mass is 19.2. The molecule has 0 saturated carbocycles. The van der Waals surface area contributed by atoms with E-state index in [1.165, 1.54) is 25.3 Å². The van der Waals surface area contributed by atoms with Gasteiger partial charge in [-0.3, -0.25) is 0 Å². The normalized spacial score (nSPS) is 9.79. The first-order chi connectivity index (χ1) is 9.13. The van der Waals surface area contributed by atoms with Crippen LogP contribution in [-0.4, -0.2) is 7.11 Å². The highest BCUT2D eigenvalue weighted by Gasteiger charge is 2.09. The summed E-state index contributed by atoms with van der Waals surface area (Å²) < 4.78 is 36.2. The van der Waals surface area contributed by atoms with Crippen LogP contribution < -0.4 is 9.47 Å². The maximum Gasteiger partial charge on any atom is 0.162 e. The Bertz CT molecular complexity index is 650. The average Bonchev–Trinajstić information content (AvgIpc) is 2.43. The molecule has 0 bridgehead atoms. The van der Waals surface area contributed by atoms with E-state index in [4.69, 9.17) is 14.7 Å². The molecule has 0 aliphatic heterocycles. The molecule has 3 nitrogen and oxygen atoms in total. The molecule has 0 atom stereocenters. The summed E-state index contributed by atoms with van der Waals surface area (Å²) in [6.45, 7) is 0. The van der Waals surface area contributed by atoms with E-state index in [0.717, 1.165) is 12.1 Å². The minimum Gasteiger partial charge on any atom is -0.497 e. The molecule has 0 aliphatic rings. The Morgan fingerprint density at radius 2 is 1.74 bits per heavy atom. The minimum absolute atomic E-state index is 0.101. The molecule has 0 aromatic heterocycles. The van der Waals surface area contributed by atoms with Gasteiger partial charge < -0.3 is 9.47 Å². The summed E-state index contributed by atoms with van der Waals surface area (Å²) in [6.07, 6.45) is 0. The fourth-order valence-corrected chi connectivity index (χ4v) is 1.47. The molecule has 0 saturated heterocycles. The molecule has 0 N–H and O–H groups in total. The Balaban J connectivity index is 2.36. The molecule has 5 heteroatoms. The molecule has 0 heterocycles. The van der Waals surface area contributed by atoms with Crippen molar-refractivity contribution in [3.8, 4) is 23.3 Å². The van der Waals surface area contributed by atoms with Crippen molar-refractivity contribution >= 4 is 0 Å². The van der Waals surface area contributed by atoms with E-state index in [1.807, 2.05) is 6.07 Å². The summed E-state index contributed by atoms with van der Waals surface area (Å²) in [5.74, 6) is -1.16. The second-order valence-electron chi connectivity index (χ2n) is 3.65. The third kappa shape index (κ3) is 2.80. The van der Waals surface area contributed by atoms with Crippen LogP contribution in [0.4, 0.5) is 8.78 Å². The van der Waals surface area contributed by atoms with Gasteiger partial charge in [0.1, 0.15) is 23.3 Å². The first-order valence-corrected chi connectivity index (χ1v) is 5.35. The number of halogens is 2. The smallest absolute Gasteiger partial charge is 0.162 e. The van der Waals surface area contributed by atoms with E-state index >= 15 is 0 Å². The summed E-state index contributed by atoms with van der Waals surface area (Å²) in [7, 11) is 1.47. The van der Waals surface area contributed by atoms with Crippen LogP contribution >= 0.6 is 0 Å². The topological polar surface area (TPSA) is 42.2 Å². The SMILES string of the molecule is COc1ccc(C#N)c(Oc2ccc(F)c(F)c2)c1. The van der Waals surface area contributed by atoms with E-state index in [1.54, 1.807) is 6.07 Å². The number of benzene rings is 2. The van der Waals surface area contributed by atoms with Gasteiger partial charge in [-0.25, -0.2) is 8.78 Å². The molecule has 0 spiro atoms. The summed E-state index contributed by atoms with van der Waals surface area (Å²) in [4.78, 5) is 0. The average molecular weight is 261 g/mol. The van der Waals surface area contributed by atoms with Crippen LogP contribution in [0.25, 0.3) is 0 Å². The molecule has 0 unspecified atom stereocenters. The van der Waals surface area contributed by atoms with Crippen LogP contribution in [0.3, 0.4) is 0 Å². The lowest BCUT2D eigenvalue weighted by molar-refractivity contribution is 0.408. The lowest BCUT2D eigenvalue weighted by Crippen LogP contribution is -1.92. The Morgan fingerprint density at radius 1 is 1.00 bits per heavy atom. The van der Waals surface area contributed by atoms with Crippen molar-refractivity contribution in [1.29, 1.82) is 5.26 Å². The fourth-order valence-electron chi connectivity index (χ4n) is 1.47. The molecule has 19 heavy (non-hydrogen) atoms.